The molecule has 0 N–H and O–H groups in total. The van der Waals surface area contributed by atoms with E-state index in [0.717, 1.165) is 10.8 Å². The van der Waals surface area contributed by atoms with Crippen LogP contribution in [0.5, 0.6) is 0 Å². The predicted octanol–water partition coefficient (Wildman–Crippen LogP) is 4.35. The fourth-order valence-corrected chi connectivity index (χ4v) is 3.18. The molecule has 0 saturated heterocycles. The number of rotatable bonds is 5. The van der Waals surface area contributed by atoms with Gasteiger partial charge in [-0.1, -0.05) is 47.3 Å². The van der Waals surface area contributed by atoms with Crippen molar-refractivity contribution in [1.82, 2.24) is 19.7 Å². The predicted molar refractivity (Wildman–Crippen MR) is 92.8 cm³/mol. The molecule has 0 bridgehead atoms. The van der Waals surface area contributed by atoms with Gasteiger partial charge in [-0.05, 0) is 24.3 Å². The maximum Gasteiger partial charge on any atom is 0.237 e. The van der Waals surface area contributed by atoms with E-state index in [-0.39, 0.29) is 5.82 Å². The third-order valence-corrected chi connectivity index (χ3v) is 4.47. The smallest absolute Gasteiger partial charge is 0.237 e. The van der Waals surface area contributed by atoms with Crippen LogP contribution in [0.15, 0.2) is 76.7 Å². The van der Waals surface area contributed by atoms with Crippen molar-refractivity contribution in [3.8, 4) is 17.1 Å². The summed E-state index contributed by atoms with van der Waals surface area (Å²) in [5, 5.41) is 4.75. The second-order valence-electron chi connectivity index (χ2n) is 5.23. The normalized spacial score (nSPS) is 10.9. The Hall–Kier alpha value is -2.93. The second-order valence-corrected chi connectivity index (χ2v) is 6.17. The average molecular weight is 352 g/mol. The number of benzene rings is 2. The SMILES string of the molecule is Fc1cccc(-c2noc(CSc3nccn3-c3ccccc3)n2)c1. The summed E-state index contributed by atoms with van der Waals surface area (Å²) in [7, 11) is 0. The molecule has 2 aromatic heterocycles. The van der Waals surface area contributed by atoms with Gasteiger partial charge in [0.1, 0.15) is 5.82 Å². The molecule has 4 rings (SSSR count). The summed E-state index contributed by atoms with van der Waals surface area (Å²) in [6.45, 7) is 0. The molecule has 0 unspecified atom stereocenters. The summed E-state index contributed by atoms with van der Waals surface area (Å²) in [6, 6.07) is 16.1. The van der Waals surface area contributed by atoms with Gasteiger partial charge < -0.3 is 4.52 Å². The first-order valence-electron chi connectivity index (χ1n) is 7.60. The van der Waals surface area contributed by atoms with Gasteiger partial charge in [-0.25, -0.2) is 9.37 Å². The van der Waals surface area contributed by atoms with Gasteiger partial charge in [0.25, 0.3) is 0 Å². The van der Waals surface area contributed by atoms with Crippen molar-refractivity contribution in [2.75, 3.05) is 0 Å². The molecule has 0 saturated carbocycles. The molecule has 0 atom stereocenters. The van der Waals surface area contributed by atoms with E-state index >= 15 is 0 Å². The van der Waals surface area contributed by atoms with E-state index in [4.69, 9.17) is 4.52 Å². The van der Waals surface area contributed by atoms with Gasteiger partial charge in [0.15, 0.2) is 5.16 Å². The van der Waals surface area contributed by atoms with Crippen molar-refractivity contribution in [3.63, 3.8) is 0 Å². The fourth-order valence-electron chi connectivity index (χ4n) is 2.37. The zero-order valence-electron chi connectivity index (χ0n) is 13.0. The highest BCUT2D eigenvalue weighted by Crippen LogP contribution is 2.25. The molecule has 0 aliphatic carbocycles. The Kier molecular flexibility index (Phi) is 4.30. The molecular weight excluding hydrogens is 339 g/mol. The van der Waals surface area contributed by atoms with Crippen molar-refractivity contribution in [2.24, 2.45) is 0 Å². The van der Waals surface area contributed by atoms with Crippen LogP contribution >= 0.6 is 11.8 Å². The maximum absolute atomic E-state index is 13.3. The Labute approximate surface area is 147 Å². The molecule has 7 heteroatoms. The molecule has 2 aromatic carbocycles. The number of nitrogens with zero attached hydrogens (tertiary/aromatic N) is 4. The van der Waals surface area contributed by atoms with Crippen LogP contribution in [-0.4, -0.2) is 19.7 Å². The van der Waals surface area contributed by atoms with E-state index in [2.05, 4.69) is 15.1 Å². The molecule has 0 fully saturated rings. The Morgan fingerprint density at radius 1 is 1.08 bits per heavy atom. The average Bonchev–Trinajstić information content (AvgIpc) is 3.30. The maximum atomic E-state index is 13.3. The molecule has 0 aliphatic heterocycles. The van der Waals surface area contributed by atoms with Crippen molar-refractivity contribution in [1.29, 1.82) is 0 Å². The molecule has 2 heterocycles. The first kappa shape index (κ1) is 15.6. The van der Waals surface area contributed by atoms with Crippen molar-refractivity contribution >= 4 is 11.8 Å². The lowest BCUT2D eigenvalue weighted by Gasteiger charge is -2.05. The van der Waals surface area contributed by atoms with Gasteiger partial charge in [-0.2, -0.15) is 4.98 Å². The van der Waals surface area contributed by atoms with Gasteiger partial charge in [0.2, 0.25) is 11.7 Å². The van der Waals surface area contributed by atoms with E-state index in [9.17, 15) is 4.39 Å². The molecule has 0 aliphatic rings. The summed E-state index contributed by atoms with van der Waals surface area (Å²) < 4.78 is 20.6. The highest BCUT2D eigenvalue weighted by molar-refractivity contribution is 7.98. The van der Waals surface area contributed by atoms with Crippen molar-refractivity contribution in [2.45, 2.75) is 10.9 Å². The molecular formula is C18H13FN4OS. The number of halogens is 1. The Morgan fingerprint density at radius 3 is 2.80 bits per heavy atom. The van der Waals surface area contributed by atoms with Crippen LogP contribution in [0.4, 0.5) is 4.39 Å². The summed E-state index contributed by atoms with van der Waals surface area (Å²) >= 11 is 1.49. The molecule has 4 aromatic rings. The fraction of sp³-hybridized carbons (Fsp3) is 0.0556. The lowest BCUT2D eigenvalue weighted by atomic mass is 10.2. The largest absolute Gasteiger partial charge is 0.338 e. The molecule has 25 heavy (non-hydrogen) atoms. The summed E-state index contributed by atoms with van der Waals surface area (Å²) in [4.78, 5) is 8.69. The zero-order chi connectivity index (χ0) is 17.1. The van der Waals surface area contributed by atoms with Crippen LogP contribution in [0.1, 0.15) is 5.89 Å². The minimum Gasteiger partial charge on any atom is -0.338 e. The Morgan fingerprint density at radius 2 is 1.96 bits per heavy atom. The van der Waals surface area contributed by atoms with Gasteiger partial charge in [0.05, 0.1) is 5.75 Å². The first-order valence-corrected chi connectivity index (χ1v) is 8.58. The lowest BCUT2D eigenvalue weighted by Crippen LogP contribution is -1.95. The van der Waals surface area contributed by atoms with E-state index in [1.165, 1.54) is 23.9 Å². The second kappa shape index (κ2) is 6.90. The van der Waals surface area contributed by atoms with E-state index in [0.29, 0.717) is 23.0 Å². The molecule has 5 nitrogen and oxygen atoms in total. The minimum atomic E-state index is -0.330. The number of hydrogen-bond donors (Lipinski definition) is 0. The van der Waals surface area contributed by atoms with Crippen molar-refractivity contribution < 1.29 is 8.91 Å². The number of para-hydroxylation sites is 1. The quantitative estimate of drug-likeness (QED) is 0.500. The number of hydrogen-bond acceptors (Lipinski definition) is 5. The van der Waals surface area contributed by atoms with E-state index in [1.54, 1.807) is 18.3 Å². The van der Waals surface area contributed by atoms with Crippen LogP contribution in [0.25, 0.3) is 17.1 Å². The third-order valence-electron chi connectivity index (χ3n) is 3.52. The lowest BCUT2D eigenvalue weighted by molar-refractivity contribution is 0.391. The van der Waals surface area contributed by atoms with Crippen LogP contribution in [0, 0.1) is 5.82 Å². The molecule has 0 amide bonds. The van der Waals surface area contributed by atoms with Gasteiger partial charge in [0, 0.05) is 23.6 Å². The summed E-state index contributed by atoms with van der Waals surface area (Å²) in [5.74, 6) is 0.989. The zero-order valence-corrected chi connectivity index (χ0v) is 13.9. The monoisotopic (exact) mass is 352 g/mol. The van der Waals surface area contributed by atoms with Gasteiger partial charge in [-0.15, -0.1) is 0 Å². The minimum absolute atomic E-state index is 0.330. The van der Waals surface area contributed by atoms with Gasteiger partial charge in [-0.3, -0.25) is 4.57 Å². The summed E-state index contributed by atoms with van der Waals surface area (Å²) in [6.07, 6.45) is 3.66. The molecule has 0 radical (unpaired) electrons. The van der Waals surface area contributed by atoms with Crippen LogP contribution in [0.2, 0.25) is 0 Å². The molecule has 124 valence electrons. The topological polar surface area (TPSA) is 56.7 Å². The standard InChI is InChI=1S/C18H13FN4OS/c19-14-6-4-5-13(11-14)17-21-16(24-22-17)12-25-18-20-9-10-23(18)15-7-2-1-3-8-15/h1-11H,12H2. The number of imidazole rings is 1. The summed E-state index contributed by atoms with van der Waals surface area (Å²) in [5.41, 5.74) is 1.62. The van der Waals surface area contributed by atoms with Crippen molar-refractivity contribution in [3.05, 3.63) is 78.7 Å². The van der Waals surface area contributed by atoms with E-state index in [1.807, 2.05) is 41.1 Å². The first-order chi connectivity index (χ1) is 12.3. The van der Waals surface area contributed by atoms with Crippen LogP contribution < -0.4 is 0 Å². The Bertz CT molecular complexity index is 983. The molecule has 0 spiro atoms. The highest BCUT2D eigenvalue weighted by atomic mass is 32.2. The van der Waals surface area contributed by atoms with E-state index < -0.39 is 0 Å². The third kappa shape index (κ3) is 3.46. The van der Waals surface area contributed by atoms with Crippen LogP contribution in [0.3, 0.4) is 0 Å². The number of aromatic nitrogens is 4. The Balaban J connectivity index is 1.49. The highest BCUT2D eigenvalue weighted by Gasteiger charge is 2.12. The van der Waals surface area contributed by atoms with Gasteiger partial charge >= 0.3 is 0 Å². The van der Waals surface area contributed by atoms with Crippen LogP contribution in [-0.2, 0) is 5.75 Å². The number of thioether (sulfide) groups is 1.